The molecule has 0 saturated carbocycles. The smallest absolute Gasteiger partial charge is 0.222 e. The molecule has 0 bridgehead atoms. The topological polar surface area (TPSA) is 63.5 Å². The molecule has 0 spiro atoms. The summed E-state index contributed by atoms with van der Waals surface area (Å²) in [4.78, 5) is 23.7. The van der Waals surface area contributed by atoms with E-state index >= 15 is 0 Å². The number of benzene rings is 1. The number of hydrogen-bond acceptors (Lipinski definition) is 5. The third-order valence-corrected chi connectivity index (χ3v) is 6.34. The Bertz CT molecular complexity index is 878. The summed E-state index contributed by atoms with van der Waals surface area (Å²) in [6, 6.07) is 16.3. The van der Waals surface area contributed by atoms with Crippen molar-refractivity contribution in [1.82, 2.24) is 9.88 Å². The number of nitrogens with zero attached hydrogens (tertiary/aromatic N) is 5. The van der Waals surface area contributed by atoms with Crippen molar-refractivity contribution >= 4 is 17.4 Å². The maximum absolute atomic E-state index is 12.7. The Balaban J connectivity index is 1.20. The van der Waals surface area contributed by atoms with Crippen molar-refractivity contribution in [3.63, 3.8) is 0 Å². The second-order valence-electron chi connectivity index (χ2n) is 8.16. The summed E-state index contributed by atoms with van der Waals surface area (Å²) in [5, 5.41) is 9.29. The van der Waals surface area contributed by atoms with E-state index < -0.39 is 0 Å². The van der Waals surface area contributed by atoms with Gasteiger partial charge in [-0.05, 0) is 49.4 Å². The number of rotatable bonds is 5. The van der Waals surface area contributed by atoms with Crippen LogP contribution in [0.2, 0.25) is 0 Å². The molecule has 2 fully saturated rings. The molecule has 30 heavy (non-hydrogen) atoms. The molecule has 4 rings (SSSR count). The van der Waals surface area contributed by atoms with E-state index in [2.05, 4.69) is 45.1 Å². The van der Waals surface area contributed by atoms with Crippen LogP contribution in [0.1, 0.15) is 31.2 Å². The van der Waals surface area contributed by atoms with Gasteiger partial charge in [0.1, 0.15) is 11.9 Å². The maximum Gasteiger partial charge on any atom is 0.222 e. The Labute approximate surface area is 178 Å². The first-order valence-corrected chi connectivity index (χ1v) is 10.9. The number of hydrogen-bond donors (Lipinski definition) is 0. The van der Waals surface area contributed by atoms with Crippen LogP contribution in [0.25, 0.3) is 0 Å². The first-order chi connectivity index (χ1) is 14.7. The summed E-state index contributed by atoms with van der Waals surface area (Å²) in [5.41, 5.74) is 1.88. The molecule has 0 N–H and O–H groups in total. The molecule has 6 heteroatoms. The van der Waals surface area contributed by atoms with Gasteiger partial charge in [-0.1, -0.05) is 18.2 Å². The zero-order chi connectivity index (χ0) is 20.8. The van der Waals surface area contributed by atoms with Crippen molar-refractivity contribution in [3.05, 3.63) is 54.2 Å². The minimum Gasteiger partial charge on any atom is -0.368 e. The predicted octanol–water partition coefficient (Wildman–Crippen LogP) is 3.30. The van der Waals surface area contributed by atoms with E-state index in [0.29, 0.717) is 23.8 Å². The molecular formula is C24H29N5O. The van der Waals surface area contributed by atoms with Crippen molar-refractivity contribution in [2.24, 2.45) is 5.92 Å². The zero-order valence-electron chi connectivity index (χ0n) is 17.4. The van der Waals surface area contributed by atoms with Gasteiger partial charge in [-0.25, -0.2) is 4.98 Å². The van der Waals surface area contributed by atoms with Gasteiger partial charge < -0.3 is 14.7 Å². The largest absolute Gasteiger partial charge is 0.368 e. The molecule has 0 unspecified atom stereocenters. The molecule has 0 aliphatic carbocycles. The first-order valence-electron chi connectivity index (χ1n) is 10.9. The van der Waals surface area contributed by atoms with Crippen LogP contribution in [0.5, 0.6) is 0 Å². The van der Waals surface area contributed by atoms with Gasteiger partial charge in [-0.15, -0.1) is 0 Å². The van der Waals surface area contributed by atoms with Crippen LogP contribution in [0, 0.1) is 17.2 Å². The lowest BCUT2D eigenvalue weighted by Gasteiger charge is -2.37. The number of amides is 1. The highest BCUT2D eigenvalue weighted by Crippen LogP contribution is 2.27. The average molecular weight is 404 g/mol. The van der Waals surface area contributed by atoms with Crippen LogP contribution in [0.15, 0.2) is 48.7 Å². The summed E-state index contributed by atoms with van der Waals surface area (Å²) < 4.78 is 0. The van der Waals surface area contributed by atoms with Gasteiger partial charge in [0.2, 0.25) is 5.91 Å². The third kappa shape index (κ3) is 4.73. The second-order valence-corrected chi connectivity index (χ2v) is 8.16. The fourth-order valence-electron chi connectivity index (χ4n) is 4.51. The quantitative estimate of drug-likeness (QED) is 0.767. The molecule has 1 amide bonds. The molecule has 0 radical (unpaired) electrons. The SMILES string of the molecule is N#Cc1cccnc1N1CCC(CCC(=O)N2CCN(c3ccccc3)CC2)CC1. The van der Waals surface area contributed by atoms with Crippen LogP contribution in [0.3, 0.4) is 0 Å². The molecule has 156 valence electrons. The Hall–Kier alpha value is -3.07. The van der Waals surface area contributed by atoms with E-state index in [-0.39, 0.29) is 0 Å². The number of nitriles is 1. The number of anilines is 2. The van der Waals surface area contributed by atoms with E-state index in [9.17, 15) is 10.1 Å². The van der Waals surface area contributed by atoms with E-state index in [0.717, 1.165) is 64.3 Å². The van der Waals surface area contributed by atoms with Crippen LogP contribution in [0.4, 0.5) is 11.5 Å². The number of piperazine rings is 1. The summed E-state index contributed by atoms with van der Waals surface area (Å²) in [6.45, 7) is 5.23. The Morgan fingerprint density at radius 2 is 1.70 bits per heavy atom. The van der Waals surface area contributed by atoms with Gasteiger partial charge in [-0.3, -0.25) is 4.79 Å². The van der Waals surface area contributed by atoms with Crippen molar-refractivity contribution in [2.45, 2.75) is 25.7 Å². The minimum absolute atomic E-state index is 0.293. The van der Waals surface area contributed by atoms with Gasteiger partial charge in [0, 0.05) is 57.6 Å². The molecule has 2 saturated heterocycles. The number of aromatic nitrogens is 1. The molecule has 2 aromatic rings. The highest BCUT2D eigenvalue weighted by Gasteiger charge is 2.25. The zero-order valence-corrected chi connectivity index (χ0v) is 17.4. The molecular weight excluding hydrogens is 374 g/mol. The number of para-hydroxylation sites is 1. The molecule has 1 aromatic carbocycles. The van der Waals surface area contributed by atoms with E-state index in [1.54, 1.807) is 12.3 Å². The fraction of sp³-hybridized carbons (Fsp3) is 0.458. The van der Waals surface area contributed by atoms with E-state index in [4.69, 9.17) is 0 Å². The van der Waals surface area contributed by atoms with E-state index in [1.165, 1.54) is 5.69 Å². The molecule has 3 heterocycles. The predicted molar refractivity (Wildman–Crippen MR) is 118 cm³/mol. The highest BCUT2D eigenvalue weighted by atomic mass is 16.2. The number of carbonyl (C=O) groups excluding carboxylic acids is 1. The van der Waals surface area contributed by atoms with Crippen LogP contribution in [-0.4, -0.2) is 55.1 Å². The highest BCUT2D eigenvalue weighted by molar-refractivity contribution is 5.76. The summed E-state index contributed by atoms with van der Waals surface area (Å²) in [5.74, 6) is 1.66. The average Bonchev–Trinajstić information content (AvgIpc) is 2.83. The summed E-state index contributed by atoms with van der Waals surface area (Å²) in [7, 11) is 0. The lowest BCUT2D eigenvalue weighted by Crippen LogP contribution is -2.48. The Morgan fingerprint density at radius 1 is 0.967 bits per heavy atom. The monoisotopic (exact) mass is 403 g/mol. The molecule has 0 atom stereocenters. The van der Waals surface area contributed by atoms with Crippen LogP contribution < -0.4 is 9.80 Å². The second kappa shape index (κ2) is 9.62. The molecule has 2 aliphatic heterocycles. The van der Waals surface area contributed by atoms with Gasteiger partial charge in [-0.2, -0.15) is 5.26 Å². The third-order valence-electron chi connectivity index (χ3n) is 6.34. The summed E-state index contributed by atoms with van der Waals surface area (Å²) in [6.07, 6.45) is 5.45. The standard InChI is InChI=1S/C24H29N5O/c25-19-21-5-4-12-26-24(21)29-13-10-20(11-14-29)8-9-23(30)28-17-15-27(16-18-28)22-6-2-1-3-7-22/h1-7,12,20H,8-11,13-18H2. The lowest BCUT2D eigenvalue weighted by molar-refractivity contribution is -0.131. The number of piperidine rings is 1. The van der Waals surface area contributed by atoms with Crippen molar-refractivity contribution < 1.29 is 4.79 Å². The van der Waals surface area contributed by atoms with Crippen LogP contribution in [-0.2, 0) is 4.79 Å². The molecule has 6 nitrogen and oxygen atoms in total. The molecule has 1 aromatic heterocycles. The van der Waals surface area contributed by atoms with Gasteiger partial charge >= 0.3 is 0 Å². The van der Waals surface area contributed by atoms with Crippen molar-refractivity contribution in [3.8, 4) is 6.07 Å². The minimum atomic E-state index is 0.293. The normalized spacial score (nSPS) is 17.6. The first kappa shape index (κ1) is 20.2. The van der Waals surface area contributed by atoms with Gasteiger partial charge in [0.05, 0.1) is 5.56 Å². The van der Waals surface area contributed by atoms with E-state index in [1.807, 2.05) is 17.0 Å². The van der Waals surface area contributed by atoms with Gasteiger partial charge in [0.15, 0.2) is 0 Å². The maximum atomic E-state index is 12.7. The Kier molecular flexibility index (Phi) is 6.48. The van der Waals surface area contributed by atoms with Crippen molar-refractivity contribution in [1.29, 1.82) is 5.26 Å². The Morgan fingerprint density at radius 3 is 2.40 bits per heavy atom. The molecule has 2 aliphatic rings. The number of pyridine rings is 1. The van der Waals surface area contributed by atoms with Gasteiger partial charge in [0.25, 0.3) is 0 Å². The number of carbonyl (C=O) groups is 1. The summed E-state index contributed by atoms with van der Waals surface area (Å²) >= 11 is 0. The van der Waals surface area contributed by atoms with Crippen molar-refractivity contribution in [2.75, 3.05) is 49.1 Å². The fourth-order valence-corrected chi connectivity index (χ4v) is 4.51. The van der Waals surface area contributed by atoms with Crippen LogP contribution >= 0.6 is 0 Å². The lowest BCUT2D eigenvalue weighted by atomic mass is 9.91.